The molecule has 1 aromatic rings. The Balaban J connectivity index is 2.10. The number of nitrogens with two attached hydrogens (primary N) is 1. The van der Waals surface area contributed by atoms with Crippen LogP contribution in [-0.2, 0) is 4.79 Å². The highest BCUT2D eigenvalue weighted by atomic mass is 16.5. The molecule has 0 heterocycles. The van der Waals surface area contributed by atoms with Crippen molar-refractivity contribution in [3.8, 4) is 5.75 Å². The van der Waals surface area contributed by atoms with E-state index in [2.05, 4.69) is 12.2 Å². The van der Waals surface area contributed by atoms with Gasteiger partial charge in [-0.3, -0.25) is 4.79 Å². The molecule has 0 aliphatic rings. The number of ether oxygens (including phenoxy) is 1. The van der Waals surface area contributed by atoms with Crippen molar-refractivity contribution in [1.82, 2.24) is 5.32 Å². The van der Waals surface area contributed by atoms with Crippen LogP contribution in [0, 0.1) is 5.92 Å². The summed E-state index contributed by atoms with van der Waals surface area (Å²) >= 11 is 0. The first-order valence-corrected chi connectivity index (χ1v) is 7.90. The zero-order chi connectivity index (χ0) is 15.3. The molecule has 0 aliphatic carbocycles. The summed E-state index contributed by atoms with van der Waals surface area (Å²) in [6.45, 7) is 3.92. The molecule has 118 valence electrons. The zero-order valence-corrected chi connectivity index (χ0v) is 13.0. The van der Waals surface area contributed by atoms with E-state index in [1.54, 1.807) is 0 Å². The summed E-state index contributed by atoms with van der Waals surface area (Å²) in [5.41, 5.74) is 5.60. The Bertz CT molecular complexity index is 376. The zero-order valence-electron chi connectivity index (χ0n) is 13.0. The van der Waals surface area contributed by atoms with Crippen molar-refractivity contribution in [2.45, 2.75) is 39.0 Å². The number of para-hydroxylation sites is 1. The molecule has 0 aliphatic heterocycles. The number of benzene rings is 1. The molecule has 1 atom stereocenters. The fraction of sp³-hybridized carbons (Fsp3) is 0.588. The van der Waals surface area contributed by atoms with Gasteiger partial charge in [0.2, 0.25) is 5.91 Å². The molecule has 1 rings (SSSR count). The van der Waals surface area contributed by atoms with Crippen molar-refractivity contribution in [3.63, 3.8) is 0 Å². The maximum atomic E-state index is 11.8. The van der Waals surface area contributed by atoms with Crippen molar-refractivity contribution in [3.05, 3.63) is 30.3 Å². The quantitative estimate of drug-likeness (QED) is 0.616. The molecule has 0 spiro atoms. The second-order valence-electron chi connectivity index (χ2n) is 5.28. The van der Waals surface area contributed by atoms with Gasteiger partial charge >= 0.3 is 0 Å². The minimum atomic E-state index is 0.102. The Hall–Kier alpha value is -1.55. The highest BCUT2D eigenvalue weighted by Gasteiger charge is 2.09. The van der Waals surface area contributed by atoms with Crippen LogP contribution in [0.3, 0.4) is 0 Å². The number of carbonyl (C=O) groups is 1. The Morgan fingerprint density at radius 3 is 2.67 bits per heavy atom. The average molecular weight is 292 g/mol. The van der Waals surface area contributed by atoms with E-state index < -0.39 is 0 Å². The van der Waals surface area contributed by atoms with E-state index in [0.29, 0.717) is 32.0 Å². The highest BCUT2D eigenvalue weighted by molar-refractivity contribution is 5.75. The summed E-state index contributed by atoms with van der Waals surface area (Å²) in [6, 6.07) is 9.62. The molecule has 1 amide bonds. The standard InChI is InChI=1S/C17H28N2O2/c1-2-6-15(11-12-18)9-10-17(20)19-13-14-21-16-7-4-3-5-8-16/h3-5,7-8,15H,2,6,9-14,18H2,1H3,(H,19,20). The first-order chi connectivity index (χ1) is 10.3. The summed E-state index contributed by atoms with van der Waals surface area (Å²) in [5.74, 6) is 1.51. The van der Waals surface area contributed by atoms with Gasteiger partial charge in [0.25, 0.3) is 0 Å². The average Bonchev–Trinajstić information content (AvgIpc) is 2.51. The van der Waals surface area contributed by atoms with Crippen LogP contribution >= 0.6 is 0 Å². The molecule has 1 aromatic carbocycles. The predicted octanol–water partition coefficient (Wildman–Crippen LogP) is 2.73. The van der Waals surface area contributed by atoms with Crippen molar-refractivity contribution in [2.75, 3.05) is 19.7 Å². The smallest absolute Gasteiger partial charge is 0.220 e. The number of nitrogens with one attached hydrogen (secondary N) is 1. The number of carbonyl (C=O) groups excluding carboxylic acids is 1. The third kappa shape index (κ3) is 8.35. The van der Waals surface area contributed by atoms with Crippen molar-refractivity contribution in [2.24, 2.45) is 11.7 Å². The van der Waals surface area contributed by atoms with E-state index in [1.165, 1.54) is 0 Å². The molecular formula is C17H28N2O2. The Morgan fingerprint density at radius 2 is 2.00 bits per heavy atom. The molecule has 4 heteroatoms. The van der Waals surface area contributed by atoms with Gasteiger partial charge in [-0.05, 0) is 37.4 Å². The van der Waals surface area contributed by atoms with Gasteiger partial charge in [-0.15, -0.1) is 0 Å². The van der Waals surface area contributed by atoms with E-state index in [9.17, 15) is 4.79 Å². The predicted molar refractivity (Wildman–Crippen MR) is 86.3 cm³/mol. The lowest BCUT2D eigenvalue weighted by Gasteiger charge is -2.14. The van der Waals surface area contributed by atoms with Crippen LogP contribution < -0.4 is 15.8 Å². The topological polar surface area (TPSA) is 64.4 Å². The third-order valence-corrected chi connectivity index (χ3v) is 3.49. The fourth-order valence-electron chi connectivity index (χ4n) is 2.38. The van der Waals surface area contributed by atoms with Gasteiger partial charge in [0.15, 0.2) is 0 Å². The number of hydrogen-bond donors (Lipinski definition) is 2. The van der Waals surface area contributed by atoms with Crippen molar-refractivity contribution in [1.29, 1.82) is 0 Å². The largest absolute Gasteiger partial charge is 0.492 e. The minimum absolute atomic E-state index is 0.102. The SMILES string of the molecule is CCCC(CCN)CCC(=O)NCCOc1ccccc1. The molecule has 0 radical (unpaired) electrons. The summed E-state index contributed by atoms with van der Waals surface area (Å²) in [5, 5.41) is 2.90. The van der Waals surface area contributed by atoms with Gasteiger partial charge in [0.1, 0.15) is 12.4 Å². The van der Waals surface area contributed by atoms with Crippen LogP contribution in [0.5, 0.6) is 5.75 Å². The van der Waals surface area contributed by atoms with Gasteiger partial charge in [0, 0.05) is 6.42 Å². The first-order valence-electron chi connectivity index (χ1n) is 7.90. The van der Waals surface area contributed by atoms with E-state index in [1.807, 2.05) is 30.3 Å². The number of amides is 1. The second-order valence-corrected chi connectivity index (χ2v) is 5.28. The molecule has 0 aromatic heterocycles. The van der Waals surface area contributed by atoms with Crippen LogP contribution in [0.1, 0.15) is 39.0 Å². The van der Waals surface area contributed by atoms with Gasteiger partial charge in [-0.2, -0.15) is 0 Å². The lowest BCUT2D eigenvalue weighted by Crippen LogP contribution is -2.28. The van der Waals surface area contributed by atoms with E-state index in [0.717, 1.165) is 31.4 Å². The van der Waals surface area contributed by atoms with Gasteiger partial charge in [0.05, 0.1) is 6.54 Å². The van der Waals surface area contributed by atoms with Gasteiger partial charge < -0.3 is 15.8 Å². The first kappa shape index (κ1) is 17.5. The molecule has 1 unspecified atom stereocenters. The highest BCUT2D eigenvalue weighted by Crippen LogP contribution is 2.16. The third-order valence-electron chi connectivity index (χ3n) is 3.49. The Kier molecular flexibility index (Phi) is 9.29. The van der Waals surface area contributed by atoms with Gasteiger partial charge in [-0.25, -0.2) is 0 Å². The maximum Gasteiger partial charge on any atom is 0.220 e. The lowest BCUT2D eigenvalue weighted by atomic mass is 9.94. The van der Waals surface area contributed by atoms with Crippen LogP contribution in [0.15, 0.2) is 30.3 Å². The van der Waals surface area contributed by atoms with Crippen molar-refractivity contribution >= 4 is 5.91 Å². The molecule has 0 bridgehead atoms. The summed E-state index contributed by atoms with van der Waals surface area (Å²) < 4.78 is 5.53. The lowest BCUT2D eigenvalue weighted by molar-refractivity contribution is -0.121. The molecule has 3 N–H and O–H groups in total. The van der Waals surface area contributed by atoms with E-state index >= 15 is 0 Å². The second kappa shape index (κ2) is 11.1. The number of hydrogen-bond acceptors (Lipinski definition) is 3. The van der Waals surface area contributed by atoms with E-state index in [-0.39, 0.29) is 5.91 Å². The van der Waals surface area contributed by atoms with Crippen LogP contribution in [0.25, 0.3) is 0 Å². The fourth-order valence-corrected chi connectivity index (χ4v) is 2.38. The maximum absolute atomic E-state index is 11.8. The molecule has 21 heavy (non-hydrogen) atoms. The molecule has 0 fully saturated rings. The monoisotopic (exact) mass is 292 g/mol. The van der Waals surface area contributed by atoms with E-state index in [4.69, 9.17) is 10.5 Å². The van der Waals surface area contributed by atoms with Crippen molar-refractivity contribution < 1.29 is 9.53 Å². The van der Waals surface area contributed by atoms with Crippen LogP contribution in [0.2, 0.25) is 0 Å². The summed E-state index contributed by atoms with van der Waals surface area (Å²) in [4.78, 5) is 11.8. The Morgan fingerprint density at radius 1 is 1.24 bits per heavy atom. The Labute approximate surface area is 128 Å². The molecule has 0 saturated carbocycles. The molecule has 4 nitrogen and oxygen atoms in total. The molecule has 0 saturated heterocycles. The summed E-state index contributed by atoms with van der Waals surface area (Å²) in [7, 11) is 0. The number of rotatable bonds is 11. The minimum Gasteiger partial charge on any atom is -0.492 e. The normalized spacial score (nSPS) is 11.9. The van der Waals surface area contributed by atoms with Crippen LogP contribution in [0.4, 0.5) is 0 Å². The van der Waals surface area contributed by atoms with Crippen LogP contribution in [-0.4, -0.2) is 25.6 Å². The summed E-state index contributed by atoms with van der Waals surface area (Å²) in [6.07, 6.45) is 4.82. The van der Waals surface area contributed by atoms with Gasteiger partial charge in [-0.1, -0.05) is 38.0 Å². The molecular weight excluding hydrogens is 264 g/mol.